The zero-order valence-corrected chi connectivity index (χ0v) is 20.6. The number of carbonyl (C=O) groups excluding carboxylic acids is 1. The summed E-state index contributed by atoms with van der Waals surface area (Å²) in [6.07, 6.45) is 0.323. The summed E-state index contributed by atoms with van der Waals surface area (Å²) in [5.41, 5.74) is 3.90. The number of ether oxygens (including phenoxy) is 2. The van der Waals surface area contributed by atoms with Gasteiger partial charge in [-0.1, -0.05) is 29.8 Å². The number of halogens is 2. The Bertz CT molecular complexity index is 1570. The van der Waals surface area contributed by atoms with Gasteiger partial charge in [0.25, 0.3) is 5.56 Å². The topological polar surface area (TPSA) is 74.5 Å². The molecule has 0 bridgehead atoms. The van der Waals surface area contributed by atoms with Crippen LogP contribution in [0.4, 0.5) is 10.1 Å². The Morgan fingerprint density at radius 2 is 1.94 bits per heavy atom. The minimum atomic E-state index is -0.512. The van der Waals surface area contributed by atoms with E-state index in [1.165, 1.54) is 21.5 Å². The maximum absolute atomic E-state index is 13.7. The fraction of sp³-hybridized carbons (Fsp3) is 0.185. The second kappa shape index (κ2) is 9.20. The molecule has 1 N–H and O–H groups in total. The highest BCUT2D eigenvalue weighted by Crippen LogP contribution is 2.42. The molecule has 0 unspecified atom stereocenters. The van der Waals surface area contributed by atoms with Crippen molar-refractivity contribution in [3.63, 3.8) is 0 Å². The molecule has 4 aromatic rings. The predicted octanol–water partition coefficient (Wildman–Crippen LogP) is 5.39. The summed E-state index contributed by atoms with van der Waals surface area (Å²) < 4.78 is 28.1. The van der Waals surface area contributed by atoms with E-state index in [2.05, 4.69) is 5.32 Å². The molecule has 2 heterocycles. The fourth-order valence-corrected chi connectivity index (χ4v) is 4.49. The Morgan fingerprint density at radius 3 is 2.67 bits per heavy atom. The van der Waals surface area contributed by atoms with Crippen molar-refractivity contribution in [3.8, 4) is 23.1 Å². The molecule has 0 saturated carbocycles. The zero-order valence-electron chi connectivity index (χ0n) is 19.9. The first kappa shape index (κ1) is 23.7. The van der Waals surface area contributed by atoms with Crippen molar-refractivity contribution in [3.05, 3.63) is 98.0 Å². The molecule has 36 heavy (non-hydrogen) atoms. The molecule has 0 fully saturated rings. The number of nitrogens with zero attached hydrogens (tertiary/aromatic N) is 2. The SMILES string of the molecule is COc1cccc2c1Oc1c(c(=O)n(-c3ccc(C)c(C)c3)n1CC(=O)Nc1ccc(F)cc1Cl)C2. The van der Waals surface area contributed by atoms with Crippen molar-refractivity contribution in [2.24, 2.45) is 0 Å². The lowest BCUT2D eigenvalue weighted by Crippen LogP contribution is -2.27. The lowest BCUT2D eigenvalue weighted by molar-refractivity contribution is -0.117. The Balaban J connectivity index is 1.61. The summed E-state index contributed by atoms with van der Waals surface area (Å²) in [5, 5.41) is 2.76. The lowest BCUT2D eigenvalue weighted by Gasteiger charge is -2.21. The summed E-state index contributed by atoms with van der Waals surface area (Å²) in [6.45, 7) is 3.69. The van der Waals surface area contributed by atoms with Crippen LogP contribution < -0.4 is 20.3 Å². The minimum absolute atomic E-state index is 0.0688. The monoisotopic (exact) mass is 507 g/mol. The third-order valence-electron chi connectivity index (χ3n) is 6.26. The molecule has 1 amide bonds. The number of carbonyl (C=O) groups is 1. The smallest absolute Gasteiger partial charge is 0.278 e. The number of benzene rings is 3. The van der Waals surface area contributed by atoms with Crippen LogP contribution in [0.3, 0.4) is 0 Å². The highest BCUT2D eigenvalue weighted by Gasteiger charge is 2.31. The first-order chi connectivity index (χ1) is 17.3. The van der Waals surface area contributed by atoms with Gasteiger partial charge in [-0.05, 0) is 61.4 Å². The van der Waals surface area contributed by atoms with Gasteiger partial charge in [0.2, 0.25) is 11.8 Å². The van der Waals surface area contributed by atoms with E-state index < -0.39 is 11.7 Å². The number of fused-ring (bicyclic) bond motifs is 2. The molecule has 9 heteroatoms. The number of hydrogen-bond acceptors (Lipinski definition) is 4. The maximum atomic E-state index is 13.7. The number of nitrogens with one attached hydrogen (secondary N) is 1. The first-order valence-corrected chi connectivity index (χ1v) is 11.7. The van der Waals surface area contributed by atoms with E-state index >= 15 is 0 Å². The van der Waals surface area contributed by atoms with Crippen molar-refractivity contribution < 1.29 is 18.7 Å². The number of methoxy groups -OCH3 is 1. The molecule has 0 radical (unpaired) electrons. The molecule has 0 spiro atoms. The molecule has 5 rings (SSSR count). The third kappa shape index (κ3) is 4.13. The van der Waals surface area contributed by atoms with E-state index in [0.717, 1.165) is 22.8 Å². The zero-order chi connectivity index (χ0) is 25.6. The fourth-order valence-electron chi connectivity index (χ4n) is 4.28. The summed E-state index contributed by atoms with van der Waals surface area (Å²) in [5.74, 6) is 0.310. The normalized spacial score (nSPS) is 11.9. The average Bonchev–Trinajstić information content (AvgIpc) is 3.11. The number of aryl methyl sites for hydroxylation is 2. The Morgan fingerprint density at radius 1 is 1.14 bits per heavy atom. The molecule has 7 nitrogen and oxygen atoms in total. The highest BCUT2D eigenvalue weighted by atomic mass is 35.5. The van der Waals surface area contributed by atoms with Gasteiger partial charge >= 0.3 is 0 Å². The summed E-state index contributed by atoms with van der Waals surface area (Å²) in [6, 6.07) is 14.8. The van der Waals surface area contributed by atoms with Gasteiger partial charge in [0.05, 0.1) is 29.1 Å². The van der Waals surface area contributed by atoms with Crippen LogP contribution in [0.2, 0.25) is 5.02 Å². The van der Waals surface area contributed by atoms with Gasteiger partial charge in [-0.2, -0.15) is 0 Å². The largest absolute Gasteiger partial charge is 0.493 e. The molecule has 0 saturated heterocycles. The van der Waals surface area contributed by atoms with Crippen molar-refractivity contribution in [2.45, 2.75) is 26.8 Å². The van der Waals surface area contributed by atoms with Gasteiger partial charge in [-0.15, -0.1) is 0 Å². The predicted molar refractivity (Wildman–Crippen MR) is 135 cm³/mol. The highest BCUT2D eigenvalue weighted by molar-refractivity contribution is 6.33. The van der Waals surface area contributed by atoms with Gasteiger partial charge in [0.15, 0.2) is 11.5 Å². The molecule has 1 aromatic heterocycles. The van der Waals surface area contributed by atoms with E-state index in [4.69, 9.17) is 21.1 Å². The minimum Gasteiger partial charge on any atom is -0.493 e. The van der Waals surface area contributed by atoms with Gasteiger partial charge < -0.3 is 14.8 Å². The van der Waals surface area contributed by atoms with Crippen LogP contribution in [0.1, 0.15) is 22.3 Å². The number of anilines is 1. The number of hydrogen-bond donors (Lipinski definition) is 1. The number of rotatable bonds is 5. The van der Waals surface area contributed by atoms with Crippen LogP contribution in [0.5, 0.6) is 17.4 Å². The van der Waals surface area contributed by atoms with E-state index in [9.17, 15) is 14.0 Å². The first-order valence-electron chi connectivity index (χ1n) is 11.3. The van der Waals surface area contributed by atoms with E-state index in [0.29, 0.717) is 29.2 Å². The van der Waals surface area contributed by atoms with Crippen LogP contribution in [-0.4, -0.2) is 22.4 Å². The molecule has 184 valence electrons. The van der Waals surface area contributed by atoms with Crippen molar-refractivity contribution in [2.75, 3.05) is 12.4 Å². The van der Waals surface area contributed by atoms with E-state index in [-0.39, 0.29) is 28.7 Å². The van der Waals surface area contributed by atoms with E-state index in [1.807, 2.05) is 44.2 Å². The maximum Gasteiger partial charge on any atom is 0.278 e. The second-order valence-electron chi connectivity index (χ2n) is 8.63. The number of amides is 1. The van der Waals surface area contributed by atoms with Crippen LogP contribution >= 0.6 is 11.6 Å². The van der Waals surface area contributed by atoms with Crippen LogP contribution in [-0.2, 0) is 17.8 Å². The summed E-state index contributed by atoms with van der Waals surface area (Å²) in [4.78, 5) is 26.8. The number of para-hydroxylation sites is 1. The van der Waals surface area contributed by atoms with Gasteiger partial charge in [-0.25, -0.2) is 13.8 Å². The van der Waals surface area contributed by atoms with Crippen LogP contribution in [0, 0.1) is 19.7 Å². The van der Waals surface area contributed by atoms with Crippen molar-refractivity contribution in [1.82, 2.24) is 9.36 Å². The van der Waals surface area contributed by atoms with Gasteiger partial charge in [-0.3, -0.25) is 9.59 Å². The van der Waals surface area contributed by atoms with E-state index in [1.54, 1.807) is 13.2 Å². The van der Waals surface area contributed by atoms with Crippen molar-refractivity contribution in [1.29, 1.82) is 0 Å². The molecule has 1 aliphatic rings. The average molecular weight is 508 g/mol. The standard InChI is InChI=1S/C27H23ClFN3O4/c1-15-7-9-19(11-16(15)2)32-26(34)20-12-17-5-4-6-23(35-3)25(17)36-27(20)31(32)14-24(33)30-22-10-8-18(29)13-21(22)28/h4-11,13H,12,14H2,1-3H3,(H,30,33). The van der Waals surface area contributed by atoms with Gasteiger partial charge in [0, 0.05) is 12.0 Å². The van der Waals surface area contributed by atoms with Crippen LogP contribution in [0.25, 0.3) is 5.69 Å². The molecule has 0 aliphatic carbocycles. The number of aromatic nitrogens is 2. The Kier molecular flexibility index (Phi) is 6.05. The lowest BCUT2D eigenvalue weighted by atomic mass is 10.0. The quantitative estimate of drug-likeness (QED) is 0.346. The Labute approximate surface area is 211 Å². The molecular formula is C27H23ClFN3O4. The Hall–Kier alpha value is -4.04. The van der Waals surface area contributed by atoms with Crippen LogP contribution in [0.15, 0.2) is 59.4 Å². The third-order valence-corrected chi connectivity index (χ3v) is 6.58. The summed E-state index contributed by atoms with van der Waals surface area (Å²) in [7, 11) is 1.54. The summed E-state index contributed by atoms with van der Waals surface area (Å²) >= 11 is 6.09. The molecule has 0 atom stereocenters. The second-order valence-corrected chi connectivity index (χ2v) is 9.03. The molecular weight excluding hydrogens is 485 g/mol. The van der Waals surface area contributed by atoms with Crippen molar-refractivity contribution >= 4 is 23.2 Å². The van der Waals surface area contributed by atoms with Gasteiger partial charge in [0.1, 0.15) is 12.4 Å². The molecule has 1 aliphatic heterocycles. The molecule has 3 aromatic carbocycles.